The Morgan fingerprint density at radius 2 is 2.00 bits per heavy atom. The fourth-order valence-corrected chi connectivity index (χ4v) is 1.69. The molecule has 0 aliphatic heterocycles. The molecule has 0 spiro atoms. The smallest absolute Gasteiger partial charge is 0.161 e. The first-order chi connectivity index (χ1) is 9.17. The Kier molecular flexibility index (Phi) is 7.30. The van der Waals surface area contributed by atoms with Gasteiger partial charge in [-0.25, -0.2) is 0 Å². The molecule has 1 rings (SSSR count). The van der Waals surface area contributed by atoms with Crippen molar-refractivity contribution in [1.82, 2.24) is 5.32 Å². The molecular weight excluding hydrogens is 242 g/mol. The highest BCUT2D eigenvalue weighted by atomic mass is 16.5. The number of hydrogen-bond acceptors (Lipinski definition) is 4. The molecule has 4 heteroatoms. The Hall–Kier alpha value is -1.26. The van der Waals surface area contributed by atoms with Gasteiger partial charge in [-0.3, -0.25) is 0 Å². The highest BCUT2D eigenvalue weighted by molar-refractivity contribution is 5.43. The standard InChI is InChI=1S/C15H25NO3/c1-5-18-15-10-13(11-16-8-9-17-4)6-7-14(15)19-12(2)3/h6-7,10,12,16H,5,8-9,11H2,1-4H3. The lowest BCUT2D eigenvalue weighted by atomic mass is 10.2. The normalized spacial score (nSPS) is 10.8. The zero-order valence-corrected chi connectivity index (χ0v) is 12.4. The Morgan fingerprint density at radius 1 is 1.21 bits per heavy atom. The molecule has 19 heavy (non-hydrogen) atoms. The molecule has 4 nitrogen and oxygen atoms in total. The van der Waals surface area contributed by atoms with Crippen molar-refractivity contribution in [1.29, 1.82) is 0 Å². The van der Waals surface area contributed by atoms with Gasteiger partial charge in [-0.1, -0.05) is 6.07 Å². The van der Waals surface area contributed by atoms with Crippen LogP contribution in [0.15, 0.2) is 18.2 Å². The number of rotatable bonds is 9. The first-order valence-electron chi connectivity index (χ1n) is 6.79. The molecule has 0 saturated carbocycles. The van der Waals surface area contributed by atoms with Crippen LogP contribution in [0.1, 0.15) is 26.3 Å². The fraction of sp³-hybridized carbons (Fsp3) is 0.600. The summed E-state index contributed by atoms with van der Waals surface area (Å²) >= 11 is 0. The third-order valence-electron chi connectivity index (χ3n) is 2.48. The molecule has 0 heterocycles. The van der Waals surface area contributed by atoms with Gasteiger partial charge in [-0.2, -0.15) is 0 Å². The van der Waals surface area contributed by atoms with Gasteiger partial charge >= 0.3 is 0 Å². The summed E-state index contributed by atoms with van der Waals surface area (Å²) in [5, 5.41) is 3.31. The third kappa shape index (κ3) is 5.94. The maximum Gasteiger partial charge on any atom is 0.161 e. The molecule has 0 amide bonds. The predicted molar refractivity (Wildman–Crippen MR) is 77.0 cm³/mol. The average molecular weight is 267 g/mol. The Balaban J connectivity index is 2.66. The molecule has 1 aromatic carbocycles. The van der Waals surface area contributed by atoms with Gasteiger partial charge in [0.1, 0.15) is 0 Å². The van der Waals surface area contributed by atoms with E-state index >= 15 is 0 Å². The van der Waals surface area contributed by atoms with E-state index in [9.17, 15) is 0 Å². The molecule has 0 radical (unpaired) electrons. The van der Waals surface area contributed by atoms with Crippen LogP contribution in [0.4, 0.5) is 0 Å². The van der Waals surface area contributed by atoms with Crippen LogP contribution in [0.25, 0.3) is 0 Å². The Labute approximate surface area is 116 Å². The van der Waals surface area contributed by atoms with Gasteiger partial charge in [0, 0.05) is 20.2 Å². The number of nitrogens with one attached hydrogen (secondary N) is 1. The van der Waals surface area contributed by atoms with E-state index in [4.69, 9.17) is 14.2 Å². The van der Waals surface area contributed by atoms with Gasteiger partial charge in [0.15, 0.2) is 11.5 Å². The molecule has 0 aliphatic rings. The van der Waals surface area contributed by atoms with Crippen molar-refractivity contribution in [3.63, 3.8) is 0 Å². The van der Waals surface area contributed by atoms with Crippen molar-refractivity contribution < 1.29 is 14.2 Å². The van der Waals surface area contributed by atoms with Crippen molar-refractivity contribution in [2.45, 2.75) is 33.4 Å². The number of hydrogen-bond donors (Lipinski definition) is 1. The minimum Gasteiger partial charge on any atom is -0.490 e. The monoisotopic (exact) mass is 267 g/mol. The Bertz CT molecular complexity index is 366. The lowest BCUT2D eigenvalue weighted by Gasteiger charge is -2.15. The van der Waals surface area contributed by atoms with Crippen LogP contribution >= 0.6 is 0 Å². The molecule has 1 aromatic rings. The molecule has 1 N–H and O–H groups in total. The number of ether oxygens (including phenoxy) is 3. The van der Waals surface area contributed by atoms with E-state index < -0.39 is 0 Å². The molecule has 0 aliphatic carbocycles. The molecule has 108 valence electrons. The predicted octanol–water partition coefficient (Wildman–Crippen LogP) is 2.61. The van der Waals surface area contributed by atoms with E-state index in [0.29, 0.717) is 13.2 Å². The van der Waals surface area contributed by atoms with Crippen molar-refractivity contribution >= 4 is 0 Å². The first-order valence-corrected chi connectivity index (χ1v) is 6.79. The van der Waals surface area contributed by atoms with Crippen molar-refractivity contribution in [2.75, 3.05) is 26.9 Å². The van der Waals surface area contributed by atoms with Crippen molar-refractivity contribution in [2.24, 2.45) is 0 Å². The second-order valence-corrected chi connectivity index (χ2v) is 4.55. The summed E-state index contributed by atoms with van der Waals surface area (Å²) in [5.41, 5.74) is 1.18. The maximum absolute atomic E-state index is 5.73. The quantitative estimate of drug-likeness (QED) is 0.698. The lowest BCUT2D eigenvalue weighted by molar-refractivity contribution is 0.199. The molecule has 0 atom stereocenters. The van der Waals surface area contributed by atoms with E-state index in [2.05, 4.69) is 11.4 Å². The van der Waals surface area contributed by atoms with Crippen LogP contribution in [0, 0.1) is 0 Å². The fourth-order valence-electron chi connectivity index (χ4n) is 1.69. The summed E-state index contributed by atoms with van der Waals surface area (Å²) in [4.78, 5) is 0. The molecule has 0 bridgehead atoms. The van der Waals surface area contributed by atoms with E-state index in [0.717, 1.165) is 24.6 Å². The number of methoxy groups -OCH3 is 1. The summed E-state index contributed by atoms with van der Waals surface area (Å²) in [7, 11) is 1.70. The number of benzene rings is 1. The van der Waals surface area contributed by atoms with E-state index in [-0.39, 0.29) is 6.10 Å². The molecule has 0 fully saturated rings. The first kappa shape index (κ1) is 15.8. The average Bonchev–Trinajstić information content (AvgIpc) is 2.37. The van der Waals surface area contributed by atoms with Gasteiger partial charge < -0.3 is 19.5 Å². The molecule has 0 aromatic heterocycles. The molecular formula is C15H25NO3. The van der Waals surface area contributed by atoms with Crippen LogP contribution < -0.4 is 14.8 Å². The van der Waals surface area contributed by atoms with Crippen molar-refractivity contribution in [3.05, 3.63) is 23.8 Å². The van der Waals surface area contributed by atoms with E-state index in [1.165, 1.54) is 5.56 Å². The van der Waals surface area contributed by atoms with Crippen LogP contribution in [-0.2, 0) is 11.3 Å². The summed E-state index contributed by atoms with van der Waals surface area (Å²) < 4.78 is 16.4. The maximum atomic E-state index is 5.73. The van der Waals surface area contributed by atoms with Crippen LogP contribution in [-0.4, -0.2) is 33.0 Å². The second kappa shape index (κ2) is 8.77. The van der Waals surface area contributed by atoms with Crippen LogP contribution in [0.3, 0.4) is 0 Å². The second-order valence-electron chi connectivity index (χ2n) is 4.55. The summed E-state index contributed by atoms with van der Waals surface area (Å²) in [6.45, 7) is 8.98. The largest absolute Gasteiger partial charge is 0.490 e. The molecule has 0 saturated heterocycles. The van der Waals surface area contributed by atoms with E-state index in [1.807, 2.05) is 32.9 Å². The van der Waals surface area contributed by atoms with Crippen LogP contribution in [0.2, 0.25) is 0 Å². The van der Waals surface area contributed by atoms with Crippen molar-refractivity contribution in [3.8, 4) is 11.5 Å². The van der Waals surface area contributed by atoms with Gasteiger partial charge in [-0.15, -0.1) is 0 Å². The summed E-state index contributed by atoms with van der Waals surface area (Å²) in [5.74, 6) is 1.61. The lowest BCUT2D eigenvalue weighted by Crippen LogP contribution is -2.18. The minimum atomic E-state index is 0.143. The van der Waals surface area contributed by atoms with Gasteiger partial charge in [0.2, 0.25) is 0 Å². The topological polar surface area (TPSA) is 39.7 Å². The zero-order valence-electron chi connectivity index (χ0n) is 12.4. The highest BCUT2D eigenvalue weighted by Gasteiger charge is 2.08. The molecule has 0 unspecified atom stereocenters. The van der Waals surface area contributed by atoms with Gasteiger partial charge in [-0.05, 0) is 38.5 Å². The minimum absolute atomic E-state index is 0.143. The SMILES string of the molecule is CCOc1cc(CNCCOC)ccc1OC(C)C. The third-order valence-corrected chi connectivity index (χ3v) is 2.48. The Morgan fingerprint density at radius 3 is 2.63 bits per heavy atom. The highest BCUT2D eigenvalue weighted by Crippen LogP contribution is 2.29. The van der Waals surface area contributed by atoms with Crippen LogP contribution in [0.5, 0.6) is 11.5 Å². The zero-order chi connectivity index (χ0) is 14.1. The summed E-state index contributed by atoms with van der Waals surface area (Å²) in [6.07, 6.45) is 0.143. The van der Waals surface area contributed by atoms with Gasteiger partial charge in [0.05, 0.1) is 19.3 Å². The summed E-state index contributed by atoms with van der Waals surface area (Å²) in [6, 6.07) is 6.05. The van der Waals surface area contributed by atoms with E-state index in [1.54, 1.807) is 7.11 Å². The van der Waals surface area contributed by atoms with Gasteiger partial charge in [0.25, 0.3) is 0 Å².